The molecule has 3 aromatic carbocycles. The highest BCUT2D eigenvalue weighted by Crippen LogP contribution is 2.32. The average molecular weight is 644 g/mol. The van der Waals surface area contributed by atoms with Gasteiger partial charge in [-0.3, -0.25) is 19.2 Å². The molecule has 3 amide bonds. The Morgan fingerprint density at radius 2 is 1.72 bits per heavy atom. The summed E-state index contributed by atoms with van der Waals surface area (Å²) in [4.78, 5) is 56.0. The van der Waals surface area contributed by atoms with Crippen molar-refractivity contribution in [1.82, 2.24) is 15.1 Å². The van der Waals surface area contributed by atoms with Crippen molar-refractivity contribution in [1.29, 1.82) is 0 Å². The van der Waals surface area contributed by atoms with Crippen molar-refractivity contribution in [3.05, 3.63) is 104 Å². The van der Waals surface area contributed by atoms with Crippen LogP contribution >= 0.6 is 11.6 Å². The lowest BCUT2D eigenvalue weighted by atomic mass is 9.86. The Bertz CT molecular complexity index is 1850. The van der Waals surface area contributed by atoms with Gasteiger partial charge < -0.3 is 29.7 Å². The van der Waals surface area contributed by atoms with Crippen LogP contribution in [0.2, 0.25) is 5.02 Å². The van der Waals surface area contributed by atoms with Crippen LogP contribution in [0.4, 0.5) is 0 Å². The van der Waals surface area contributed by atoms with Crippen molar-refractivity contribution in [3.63, 3.8) is 0 Å². The summed E-state index contributed by atoms with van der Waals surface area (Å²) in [7, 11) is 0. The predicted octanol–water partition coefficient (Wildman–Crippen LogP) is 4.73. The lowest BCUT2D eigenvalue weighted by Gasteiger charge is -2.35. The molecule has 0 radical (unpaired) electrons. The Morgan fingerprint density at radius 3 is 2.43 bits per heavy atom. The molecule has 238 valence electrons. The van der Waals surface area contributed by atoms with Gasteiger partial charge in [-0.1, -0.05) is 48.0 Å². The molecular formula is C35H34ClN3O7. The second kappa shape index (κ2) is 13.3. The summed E-state index contributed by atoms with van der Waals surface area (Å²) in [5.41, 5.74) is 2.28. The molecule has 2 aliphatic rings. The van der Waals surface area contributed by atoms with Gasteiger partial charge in [-0.2, -0.15) is 0 Å². The van der Waals surface area contributed by atoms with Crippen molar-refractivity contribution in [2.45, 2.75) is 50.6 Å². The number of hydrogen-bond acceptors (Lipinski definition) is 7. The highest BCUT2D eigenvalue weighted by Gasteiger charge is 2.32. The van der Waals surface area contributed by atoms with E-state index in [9.17, 15) is 29.4 Å². The molecule has 1 unspecified atom stereocenters. The minimum Gasteiger partial charge on any atom is -0.508 e. The number of benzene rings is 3. The first-order valence-corrected chi connectivity index (χ1v) is 15.7. The largest absolute Gasteiger partial charge is 0.508 e. The summed E-state index contributed by atoms with van der Waals surface area (Å²) < 4.78 is 5.59. The van der Waals surface area contributed by atoms with Crippen LogP contribution < -0.4 is 10.7 Å². The fourth-order valence-corrected chi connectivity index (χ4v) is 6.56. The van der Waals surface area contributed by atoms with Gasteiger partial charge in [-0.15, -0.1) is 0 Å². The van der Waals surface area contributed by atoms with Gasteiger partial charge in [-0.05, 0) is 54.0 Å². The number of nitrogens with one attached hydrogen (secondary N) is 1. The fourth-order valence-electron chi connectivity index (χ4n) is 6.44. The number of likely N-dealkylation sites (tertiary alicyclic amines) is 2. The van der Waals surface area contributed by atoms with Crippen molar-refractivity contribution in [3.8, 4) is 11.5 Å². The molecular weight excluding hydrogens is 610 g/mol. The van der Waals surface area contributed by atoms with Crippen molar-refractivity contribution in [2.24, 2.45) is 0 Å². The SMILES string of the molecule is O=C(NC(Cc1ccc(Cl)cc1)C(=O)N1CCC(c2ccccc2CN2CCCC2=O)CC1)c1cc(=O)c2c(O)cc(O)cc2o1. The van der Waals surface area contributed by atoms with Crippen LogP contribution in [0.15, 0.2) is 75.9 Å². The maximum Gasteiger partial charge on any atom is 0.287 e. The number of carbonyl (C=O) groups is 3. The van der Waals surface area contributed by atoms with E-state index in [1.54, 1.807) is 29.2 Å². The van der Waals surface area contributed by atoms with Crippen LogP contribution in [0.5, 0.6) is 11.5 Å². The van der Waals surface area contributed by atoms with Crippen LogP contribution in [0.25, 0.3) is 11.0 Å². The molecule has 6 rings (SSSR count). The number of hydrogen-bond donors (Lipinski definition) is 3. The van der Waals surface area contributed by atoms with Crippen LogP contribution in [-0.4, -0.2) is 63.4 Å². The van der Waals surface area contributed by atoms with E-state index in [-0.39, 0.29) is 46.6 Å². The lowest BCUT2D eigenvalue weighted by molar-refractivity contribution is -0.134. The first-order chi connectivity index (χ1) is 22.2. The number of aromatic hydroxyl groups is 2. The summed E-state index contributed by atoms with van der Waals surface area (Å²) in [6, 6.07) is 17.3. The van der Waals surface area contributed by atoms with Crippen LogP contribution in [0, 0.1) is 0 Å². The minimum atomic E-state index is -0.975. The zero-order valence-electron chi connectivity index (χ0n) is 25.1. The van der Waals surface area contributed by atoms with E-state index in [2.05, 4.69) is 17.4 Å². The van der Waals surface area contributed by atoms with Gasteiger partial charge in [0, 0.05) is 62.2 Å². The maximum atomic E-state index is 14.0. The summed E-state index contributed by atoms with van der Waals surface area (Å²) in [5.74, 6) is -1.81. The molecule has 0 saturated carbocycles. The second-order valence-electron chi connectivity index (χ2n) is 11.9. The first kappa shape index (κ1) is 31.2. The van der Waals surface area contributed by atoms with Gasteiger partial charge in [-0.25, -0.2) is 0 Å². The number of amides is 3. The third kappa shape index (κ3) is 6.72. The monoisotopic (exact) mass is 643 g/mol. The van der Waals surface area contributed by atoms with E-state index in [4.69, 9.17) is 16.0 Å². The Hall–Kier alpha value is -4.83. The quantitative estimate of drug-likeness (QED) is 0.252. The Morgan fingerprint density at radius 1 is 0.978 bits per heavy atom. The van der Waals surface area contributed by atoms with Crippen LogP contribution in [0.1, 0.15) is 58.8 Å². The highest BCUT2D eigenvalue weighted by atomic mass is 35.5. The van der Waals surface area contributed by atoms with Gasteiger partial charge in [0.25, 0.3) is 5.91 Å². The highest BCUT2D eigenvalue weighted by molar-refractivity contribution is 6.30. The number of carbonyl (C=O) groups excluding carboxylic acids is 3. The summed E-state index contributed by atoms with van der Waals surface area (Å²) in [6.07, 6.45) is 3.11. The molecule has 4 aromatic rings. The van der Waals surface area contributed by atoms with Gasteiger partial charge in [0.2, 0.25) is 11.8 Å². The first-order valence-electron chi connectivity index (χ1n) is 15.4. The van der Waals surface area contributed by atoms with Crippen molar-refractivity contribution in [2.75, 3.05) is 19.6 Å². The number of halogens is 1. The van der Waals surface area contributed by atoms with E-state index >= 15 is 0 Å². The zero-order valence-corrected chi connectivity index (χ0v) is 25.8. The van der Waals surface area contributed by atoms with Gasteiger partial charge in [0.05, 0.1) is 0 Å². The Kier molecular flexibility index (Phi) is 8.99. The molecule has 10 nitrogen and oxygen atoms in total. The summed E-state index contributed by atoms with van der Waals surface area (Å²) in [5, 5.41) is 23.1. The lowest BCUT2D eigenvalue weighted by Crippen LogP contribution is -2.51. The van der Waals surface area contributed by atoms with Crippen LogP contribution in [0.3, 0.4) is 0 Å². The third-order valence-electron chi connectivity index (χ3n) is 8.81. The Labute approximate surface area is 270 Å². The summed E-state index contributed by atoms with van der Waals surface area (Å²) in [6.45, 7) is 2.33. The van der Waals surface area contributed by atoms with E-state index in [0.717, 1.165) is 55.1 Å². The molecule has 3 N–H and O–H groups in total. The molecule has 0 spiro atoms. The molecule has 46 heavy (non-hydrogen) atoms. The average Bonchev–Trinajstić information content (AvgIpc) is 3.44. The molecule has 0 aliphatic carbocycles. The third-order valence-corrected chi connectivity index (χ3v) is 9.06. The van der Waals surface area contributed by atoms with Crippen molar-refractivity contribution < 1.29 is 29.0 Å². The predicted molar refractivity (Wildman–Crippen MR) is 172 cm³/mol. The number of piperidine rings is 1. The van der Waals surface area contributed by atoms with E-state index in [1.165, 1.54) is 5.56 Å². The number of phenolic OH excluding ortho intramolecular Hbond substituents is 2. The number of rotatable bonds is 8. The molecule has 0 bridgehead atoms. The molecule has 3 heterocycles. The second-order valence-corrected chi connectivity index (χ2v) is 12.3. The van der Waals surface area contributed by atoms with Gasteiger partial charge >= 0.3 is 0 Å². The topological polar surface area (TPSA) is 140 Å². The Balaban J connectivity index is 1.19. The number of nitrogens with zero attached hydrogens (tertiary/aromatic N) is 2. The molecule has 1 atom stereocenters. The standard InChI is InChI=1S/C35H34ClN3O7/c36-24-9-7-21(8-10-24)16-27(37-34(44)31-19-29(42)33-28(41)17-25(40)18-30(33)46-31)35(45)38-14-11-22(12-15-38)26-5-2-1-4-23(26)20-39-13-3-6-32(39)43/h1-2,4-5,7-10,17-19,22,27,40-41H,3,6,11-16,20H2,(H,37,44). The van der Waals surface area contributed by atoms with E-state index in [1.807, 2.05) is 17.0 Å². The molecule has 2 aliphatic heterocycles. The van der Waals surface area contributed by atoms with Gasteiger partial charge in [0.1, 0.15) is 28.5 Å². The number of fused-ring (bicyclic) bond motifs is 1. The smallest absolute Gasteiger partial charge is 0.287 e. The number of phenols is 2. The summed E-state index contributed by atoms with van der Waals surface area (Å²) >= 11 is 6.07. The maximum absolute atomic E-state index is 14.0. The molecule has 2 fully saturated rings. The fraction of sp³-hybridized carbons (Fsp3) is 0.314. The minimum absolute atomic E-state index is 0.160. The molecule has 2 saturated heterocycles. The normalized spacial score (nSPS) is 16.2. The zero-order chi connectivity index (χ0) is 32.4. The van der Waals surface area contributed by atoms with E-state index in [0.29, 0.717) is 31.1 Å². The van der Waals surface area contributed by atoms with Crippen LogP contribution in [-0.2, 0) is 22.6 Å². The van der Waals surface area contributed by atoms with Crippen molar-refractivity contribution >= 4 is 40.3 Å². The molecule has 1 aromatic heterocycles. The van der Waals surface area contributed by atoms with E-state index < -0.39 is 23.1 Å². The molecule has 11 heteroatoms. The van der Waals surface area contributed by atoms with Gasteiger partial charge in [0.15, 0.2) is 11.2 Å².